The van der Waals surface area contributed by atoms with Gasteiger partial charge in [-0.1, -0.05) is 0 Å². The highest BCUT2D eigenvalue weighted by Crippen LogP contribution is 2.28. The minimum atomic E-state index is -1.07. The van der Waals surface area contributed by atoms with E-state index in [9.17, 15) is 4.79 Å². The van der Waals surface area contributed by atoms with Crippen molar-refractivity contribution in [2.75, 3.05) is 4.90 Å². The van der Waals surface area contributed by atoms with E-state index < -0.39 is 6.09 Å². The van der Waals surface area contributed by atoms with Gasteiger partial charge in [0, 0.05) is 23.2 Å². The highest BCUT2D eigenvalue weighted by atomic mass is 32.1. The van der Waals surface area contributed by atoms with Gasteiger partial charge >= 0.3 is 6.09 Å². The molecule has 0 radical (unpaired) electrons. The number of thiazole rings is 2. The van der Waals surface area contributed by atoms with E-state index in [1.807, 2.05) is 0 Å². The maximum atomic E-state index is 11.0. The SMILES string of the molecule is O=C(O)N(c1nccs1)c1nccs1. The Bertz CT molecular complexity index is 378. The van der Waals surface area contributed by atoms with Gasteiger partial charge in [0.1, 0.15) is 0 Å². The van der Waals surface area contributed by atoms with E-state index in [1.54, 1.807) is 23.2 Å². The molecule has 72 valence electrons. The van der Waals surface area contributed by atoms with Crippen LogP contribution in [-0.4, -0.2) is 21.2 Å². The number of carbonyl (C=O) groups is 1. The van der Waals surface area contributed by atoms with E-state index in [1.165, 1.54) is 22.7 Å². The van der Waals surface area contributed by atoms with E-state index in [0.717, 1.165) is 4.90 Å². The van der Waals surface area contributed by atoms with Crippen LogP contribution in [0.1, 0.15) is 0 Å². The molecule has 0 aliphatic rings. The second-order valence-electron chi connectivity index (χ2n) is 2.25. The predicted octanol–water partition coefficient (Wildman–Crippen LogP) is 2.42. The average molecular weight is 227 g/mol. The summed E-state index contributed by atoms with van der Waals surface area (Å²) < 4.78 is 0. The van der Waals surface area contributed by atoms with Crippen LogP contribution in [0, 0.1) is 0 Å². The maximum Gasteiger partial charge on any atom is 0.420 e. The summed E-state index contributed by atoms with van der Waals surface area (Å²) in [6.45, 7) is 0. The van der Waals surface area contributed by atoms with Crippen LogP contribution < -0.4 is 4.90 Å². The van der Waals surface area contributed by atoms with Gasteiger partial charge in [-0.15, -0.1) is 22.7 Å². The summed E-state index contributed by atoms with van der Waals surface area (Å²) in [6.07, 6.45) is 2.04. The van der Waals surface area contributed by atoms with Crippen LogP contribution in [0.25, 0.3) is 0 Å². The molecular formula is C7H5N3O2S2. The zero-order valence-corrected chi connectivity index (χ0v) is 8.46. The highest BCUT2D eigenvalue weighted by Gasteiger charge is 2.21. The Balaban J connectivity index is 2.40. The van der Waals surface area contributed by atoms with Gasteiger partial charge in [0.15, 0.2) is 0 Å². The summed E-state index contributed by atoms with van der Waals surface area (Å²) in [7, 11) is 0. The van der Waals surface area contributed by atoms with Gasteiger partial charge in [-0.2, -0.15) is 4.90 Å². The summed E-state index contributed by atoms with van der Waals surface area (Å²) in [5, 5.41) is 13.2. The summed E-state index contributed by atoms with van der Waals surface area (Å²) in [4.78, 5) is 19.9. The van der Waals surface area contributed by atoms with Crippen LogP contribution in [0.5, 0.6) is 0 Å². The summed E-state index contributed by atoms with van der Waals surface area (Å²) >= 11 is 2.52. The quantitative estimate of drug-likeness (QED) is 0.855. The first kappa shape index (κ1) is 9.10. The third-order valence-electron chi connectivity index (χ3n) is 1.41. The molecule has 0 spiro atoms. The van der Waals surface area contributed by atoms with Crippen molar-refractivity contribution in [3.05, 3.63) is 23.2 Å². The van der Waals surface area contributed by atoms with E-state index in [0.29, 0.717) is 10.3 Å². The Kier molecular flexibility index (Phi) is 2.42. The molecule has 0 aromatic carbocycles. The molecule has 2 rings (SSSR count). The molecule has 2 heterocycles. The molecule has 7 heteroatoms. The molecule has 0 unspecified atom stereocenters. The molecule has 1 N–H and O–H groups in total. The van der Waals surface area contributed by atoms with Crippen molar-refractivity contribution in [3.8, 4) is 0 Å². The second kappa shape index (κ2) is 3.72. The second-order valence-corrected chi connectivity index (χ2v) is 3.99. The molecule has 2 aromatic heterocycles. The van der Waals surface area contributed by atoms with Crippen molar-refractivity contribution < 1.29 is 9.90 Å². The number of carboxylic acid groups (broad SMARTS) is 1. The molecule has 0 saturated heterocycles. The Hall–Kier alpha value is -1.47. The third kappa shape index (κ3) is 1.59. The van der Waals surface area contributed by atoms with E-state index in [4.69, 9.17) is 5.11 Å². The van der Waals surface area contributed by atoms with Crippen LogP contribution >= 0.6 is 22.7 Å². The van der Waals surface area contributed by atoms with E-state index >= 15 is 0 Å². The molecule has 0 fully saturated rings. The first-order chi connectivity index (χ1) is 6.79. The first-order valence-corrected chi connectivity index (χ1v) is 5.37. The predicted molar refractivity (Wildman–Crippen MR) is 54.4 cm³/mol. The fourth-order valence-electron chi connectivity index (χ4n) is 0.898. The number of amides is 1. The minimum Gasteiger partial charge on any atom is -0.464 e. The molecule has 5 nitrogen and oxygen atoms in total. The number of aromatic nitrogens is 2. The van der Waals surface area contributed by atoms with E-state index in [-0.39, 0.29) is 0 Å². The summed E-state index contributed by atoms with van der Waals surface area (Å²) in [5.74, 6) is 0. The topological polar surface area (TPSA) is 66.3 Å². The summed E-state index contributed by atoms with van der Waals surface area (Å²) in [6, 6.07) is 0. The molecular weight excluding hydrogens is 222 g/mol. The van der Waals surface area contributed by atoms with Crippen molar-refractivity contribution in [2.24, 2.45) is 0 Å². The van der Waals surface area contributed by atoms with Crippen LogP contribution in [0.2, 0.25) is 0 Å². The Morgan fingerprint density at radius 2 is 1.71 bits per heavy atom. The van der Waals surface area contributed by atoms with Crippen molar-refractivity contribution in [1.29, 1.82) is 0 Å². The van der Waals surface area contributed by atoms with Gasteiger partial charge in [-0.05, 0) is 0 Å². The smallest absolute Gasteiger partial charge is 0.420 e. The molecule has 1 amide bonds. The fourth-order valence-corrected chi connectivity index (χ4v) is 2.23. The van der Waals surface area contributed by atoms with Crippen molar-refractivity contribution >= 4 is 39.0 Å². The number of rotatable bonds is 2. The van der Waals surface area contributed by atoms with E-state index in [2.05, 4.69) is 9.97 Å². The normalized spacial score (nSPS) is 10.0. The van der Waals surface area contributed by atoms with Crippen molar-refractivity contribution in [2.45, 2.75) is 0 Å². The lowest BCUT2D eigenvalue weighted by Crippen LogP contribution is -2.23. The lowest BCUT2D eigenvalue weighted by molar-refractivity contribution is 0.205. The Morgan fingerprint density at radius 1 is 1.21 bits per heavy atom. The molecule has 0 aliphatic heterocycles. The first-order valence-electron chi connectivity index (χ1n) is 3.61. The Morgan fingerprint density at radius 3 is 2.00 bits per heavy atom. The molecule has 0 atom stereocenters. The third-order valence-corrected chi connectivity index (χ3v) is 2.93. The van der Waals surface area contributed by atoms with Gasteiger partial charge in [0.05, 0.1) is 0 Å². The number of anilines is 2. The van der Waals surface area contributed by atoms with Crippen LogP contribution in [0.4, 0.5) is 15.1 Å². The maximum absolute atomic E-state index is 11.0. The van der Waals surface area contributed by atoms with Gasteiger partial charge in [-0.25, -0.2) is 14.8 Å². The molecule has 2 aromatic rings. The van der Waals surface area contributed by atoms with Crippen LogP contribution in [-0.2, 0) is 0 Å². The van der Waals surface area contributed by atoms with Crippen LogP contribution in [0.15, 0.2) is 23.2 Å². The summed E-state index contributed by atoms with van der Waals surface area (Å²) in [5.41, 5.74) is 0. The van der Waals surface area contributed by atoms with Crippen molar-refractivity contribution in [1.82, 2.24) is 9.97 Å². The largest absolute Gasteiger partial charge is 0.464 e. The Labute approximate surface area is 87.3 Å². The fraction of sp³-hybridized carbons (Fsp3) is 0. The molecule has 14 heavy (non-hydrogen) atoms. The lowest BCUT2D eigenvalue weighted by Gasteiger charge is -2.11. The minimum absolute atomic E-state index is 0.410. The standard InChI is InChI=1S/C7H5N3O2S2/c11-7(12)10(5-8-1-3-13-5)6-9-2-4-14-6/h1-4H,(H,11,12). The monoisotopic (exact) mass is 227 g/mol. The van der Waals surface area contributed by atoms with Crippen LogP contribution in [0.3, 0.4) is 0 Å². The van der Waals surface area contributed by atoms with Crippen molar-refractivity contribution in [3.63, 3.8) is 0 Å². The zero-order chi connectivity index (χ0) is 9.97. The number of nitrogens with zero attached hydrogens (tertiary/aromatic N) is 3. The van der Waals surface area contributed by atoms with Gasteiger partial charge < -0.3 is 5.11 Å². The molecule has 0 bridgehead atoms. The zero-order valence-electron chi connectivity index (χ0n) is 6.82. The molecule has 0 saturated carbocycles. The van der Waals surface area contributed by atoms with Gasteiger partial charge in [0.25, 0.3) is 0 Å². The highest BCUT2D eigenvalue weighted by molar-refractivity contribution is 7.16. The van der Waals surface area contributed by atoms with Gasteiger partial charge in [0.2, 0.25) is 10.3 Å². The van der Waals surface area contributed by atoms with Gasteiger partial charge in [-0.3, -0.25) is 0 Å². The average Bonchev–Trinajstić information content (AvgIpc) is 2.75. The lowest BCUT2D eigenvalue weighted by atomic mass is 10.8. The number of hydrogen-bond acceptors (Lipinski definition) is 5. The number of hydrogen-bond donors (Lipinski definition) is 1. The molecule has 0 aliphatic carbocycles.